The van der Waals surface area contributed by atoms with Crippen molar-refractivity contribution in [1.29, 1.82) is 0 Å². The Kier molecular flexibility index (Phi) is 7.36. The number of benzene rings is 2. The summed E-state index contributed by atoms with van der Waals surface area (Å²) in [5, 5.41) is 15.9. The maximum Gasteiger partial charge on any atom is 0.181 e. The monoisotopic (exact) mass is 457 g/mol. The van der Waals surface area contributed by atoms with Gasteiger partial charge in [-0.05, 0) is 69.8 Å². The molecular formula is C24H27N9O. The predicted octanol–water partition coefficient (Wildman–Crippen LogP) is 7.44. The molecule has 0 bridgehead atoms. The number of carbonyl (C=O) groups is 1. The summed E-state index contributed by atoms with van der Waals surface area (Å²) >= 11 is 0. The molecule has 0 radical (unpaired) electrons. The van der Waals surface area contributed by atoms with Crippen molar-refractivity contribution < 1.29 is 4.79 Å². The maximum atomic E-state index is 11.9. The van der Waals surface area contributed by atoms with E-state index in [1.807, 2.05) is 30.3 Å². The Morgan fingerprint density at radius 2 is 1.62 bits per heavy atom. The second-order valence-corrected chi connectivity index (χ2v) is 8.77. The number of aromatic nitrogens is 3. The van der Waals surface area contributed by atoms with Gasteiger partial charge in [0.2, 0.25) is 0 Å². The minimum Gasteiger partial charge on any atom is -0.293 e. The third-order valence-electron chi connectivity index (χ3n) is 5.66. The molecule has 174 valence electrons. The molecule has 0 unspecified atom stereocenters. The highest BCUT2D eigenvalue weighted by Gasteiger charge is 2.18. The van der Waals surface area contributed by atoms with Gasteiger partial charge in [-0.3, -0.25) is 4.79 Å². The van der Waals surface area contributed by atoms with E-state index in [-0.39, 0.29) is 24.2 Å². The van der Waals surface area contributed by atoms with Gasteiger partial charge in [-0.15, -0.1) is 5.10 Å². The van der Waals surface area contributed by atoms with E-state index in [9.17, 15) is 4.79 Å². The summed E-state index contributed by atoms with van der Waals surface area (Å²) in [7, 11) is 0. The molecule has 2 aromatic carbocycles. The molecule has 0 aliphatic rings. The van der Waals surface area contributed by atoms with Gasteiger partial charge in [0, 0.05) is 22.4 Å². The molecule has 1 heterocycles. The quantitative estimate of drug-likeness (QED) is 0.150. The van der Waals surface area contributed by atoms with E-state index in [0.29, 0.717) is 22.8 Å². The highest BCUT2D eigenvalue weighted by Crippen LogP contribution is 2.39. The molecular weight excluding hydrogens is 430 g/mol. The average molecular weight is 458 g/mol. The summed E-state index contributed by atoms with van der Waals surface area (Å²) in [6, 6.07) is 9.86. The molecule has 10 nitrogen and oxygen atoms in total. The van der Waals surface area contributed by atoms with Crippen molar-refractivity contribution in [2.75, 3.05) is 0 Å². The fraction of sp³-hybridized carbons (Fsp3) is 0.375. The lowest BCUT2D eigenvalue weighted by molar-refractivity contribution is 0.101. The van der Waals surface area contributed by atoms with Crippen molar-refractivity contribution in [2.24, 2.45) is 10.2 Å². The topological polar surface area (TPSA) is 145 Å². The van der Waals surface area contributed by atoms with E-state index in [1.165, 1.54) is 6.92 Å². The van der Waals surface area contributed by atoms with Gasteiger partial charge in [0.05, 0.1) is 17.9 Å². The number of rotatable bonds is 8. The molecule has 0 amide bonds. The van der Waals surface area contributed by atoms with Crippen LogP contribution in [-0.4, -0.2) is 20.8 Å². The first-order chi connectivity index (χ1) is 16.2. The van der Waals surface area contributed by atoms with Crippen LogP contribution < -0.4 is 0 Å². The third kappa shape index (κ3) is 4.93. The number of carbonyl (C=O) groups excluding carboxylic acids is 1. The average Bonchev–Trinajstić information content (AvgIpc) is 3.19. The van der Waals surface area contributed by atoms with E-state index in [4.69, 9.17) is 11.1 Å². The van der Waals surface area contributed by atoms with E-state index in [0.717, 1.165) is 27.8 Å². The fourth-order valence-corrected chi connectivity index (χ4v) is 3.95. The Morgan fingerprint density at radius 1 is 1.00 bits per heavy atom. The van der Waals surface area contributed by atoms with Crippen molar-refractivity contribution in [1.82, 2.24) is 15.0 Å². The molecule has 0 spiro atoms. The normalized spacial score (nSPS) is 10.8. The van der Waals surface area contributed by atoms with Crippen molar-refractivity contribution in [3.05, 3.63) is 79.3 Å². The molecule has 0 atom stereocenters. The molecule has 0 aliphatic carbocycles. The van der Waals surface area contributed by atoms with Gasteiger partial charge in [0.15, 0.2) is 11.5 Å². The van der Waals surface area contributed by atoms with Crippen LogP contribution in [0.2, 0.25) is 0 Å². The van der Waals surface area contributed by atoms with Crippen molar-refractivity contribution in [3.8, 4) is 16.8 Å². The van der Waals surface area contributed by atoms with Gasteiger partial charge in [0.25, 0.3) is 0 Å². The summed E-state index contributed by atoms with van der Waals surface area (Å²) in [6.45, 7) is 11.7. The standard InChI is InChI=1S/C24H27N9O/c1-13(2)21-10-19(11-22(14(3)4)24(21)28-31-26)18-7-17(12-27-30-25)8-20(9-18)33-15(5)23(16(6)34)29-32-33/h7-11,13-14H,12H2,1-6H3. The predicted molar refractivity (Wildman–Crippen MR) is 131 cm³/mol. The minimum absolute atomic E-state index is 0.138. The molecule has 0 N–H and O–H groups in total. The zero-order valence-corrected chi connectivity index (χ0v) is 20.2. The van der Waals surface area contributed by atoms with E-state index >= 15 is 0 Å². The summed E-state index contributed by atoms with van der Waals surface area (Å²) in [5.41, 5.74) is 24.8. The number of nitrogens with zero attached hydrogens (tertiary/aromatic N) is 9. The van der Waals surface area contributed by atoms with Crippen LogP contribution in [0.4, 0.5) is 5.69 Å². The summed E-state index contributed by atoms with van der Waals surface area (Å²) in [5.74, 6) is 0.116. The van der Waals surface area contributed by atoms with Gasteiger partial charge in [-0.1, -0.05) is 61.3 Å². The first-order valence-corrected chi connectivity index (χ1v) is 11.0. The lowest BCUT2D eigenvalue weighted by Crippen LogP contribution is -2.03. The van der Waals surface area contributed by atoms with Crippen molar-refractivity contribution in [3.63, 3.8) is 0 Å². The summed E-state index contributed by atoms with van der Waals surface area (Å²) in [6.07, 6.45) is 0. The van der Waals surface area contributed by atoms with Crippen LogP contribution in [0.3, 0.4) is 0 Å². The lowest BCUT2D eigenvalue weighted by Gasteiger charge is -2.19. The van der Waals surface area contributed by atoms with Crippen LogP contribution in [0.5, 0.6) is 0 Å². The summed E-state index contributed by atoms with van der Waals surface area (Å²) < 4.78 is 1.61. The van der Waals surface area contributed by atoms with E-state index in [1.54, 1.807) is 11.6 Å². The second-order valence-electron chi connectivity index (χ2n) is 8.77. The molecule has 0 saturated heterocycles. The smallest absolute Gasteiger partial charge is 0.181 e. The number of Topliss-reactive ketones (excluding diaryl/α,β-unsaturated/α-hetero) is 1. The second kappa shape index (κ2) is 10.2. The Balaban J connectivity index is 2.30. The molecule has 0 fully saturated rings. The zero-order valence-electron chi connectivity index (χ0n) is 20.2. The van der Waals surface area contributed by atoms with Crippen LogP contribution >= 0.6 is 0 Å². The highest BCUT2D eigenvalue weighted by molar-refractivity contribution is 5.93. The van der Waals surface area contributed by atoms with Gasteiger partial charge >= 0.3 is 0 Å². The van der Waals surface area contributed by atoms with Gasteiger partial charge in [-0.2, -0.15) is 0 Å². The van der Waals surface area contributed by atoms with Crippen LogP contribution in [-0.2, 0) is 6.54 Å². The fourth-order valence-electron chi connectivity index (χ4n) is 3.95. The number of hydrogen-bond acceptors (Lipinski definition) is 5. The van der Waals surface area contributed by atoms with Crippen LogP contribution in [0.15, 0.2) is 40.6 Å². The van der Waals surface area contributed by atoms with Gasteiger partial charge < -0.3 is 0 Å². The van der Waals surface area contributed by atoms with Gasteiger partial charge in [0.1, 0.15) is 0 Å². The Labute approximate surface area is 197 Å². The molecule has 3 aromatic rings. The molecule has 3 rings (SSSR count). The van der Waals surface area contributed by atoms with Crippen LogP contribution in [0.1, 0.15) is 79.3 Å². The molecule has 0 saturated carbocycles. The molecule has 34 heavy (non-hydrogen) atoms. The number of hydrogen-bond donors (Lipinski definition) is 0. The van der Waals surface area contributed by atoms with Crippen LogP contribution in [0.25, 0.3) is 37.7 Å². The third-order valence-corrected chi connectivity index (χ3v) is 5.66. The Morgan fingerprint density at radius 3 is 2.12 bits per heavy atom. The van der Waals surface area contributed by atoms with Gasteiger partial charge in [-0.25, -0.2) is 4.68 Å². The maximum absolute atomic E-state index is 11.9. The Hall–Kier alpha value is -4.13. The zero-order chi connectivity index (χ0) is 25.0. The van der Waals surface area contributed by atoms with E-state index in [2.05, 4.69) is 58.1 Å². The number of ketones is 1. The molecule has 1 aromatic heterocycles. The molecule has 0 aliphatic heterocycles. The van der Waals surface area contributed by atoms with Crippen molar-refractivity contribution in [2.45, 2.75) is 59.9 Å². The first-order valence-electron chi connectivity index (χ1n) is 11.0. The Bertz CT molecular complexity index is 1310. The minimum atomic E-state index is -0.161. The summed E-state index contributed by atoms with van der Waals surface area (Å²) in [4.78, 5) is 17.8. The van der Waals surface area contributed by atoms with E-state index < -0.39 is 0 Å². The molecule has 10 heteroatoms. The first kappa shape index (κ1) is 24.5. The van der Waals surface area contributed by atoms with Crippen LogP contribution in [0, 0.1) is 6.92 Å². The SMILES string of the molecule is CC(=O)c1nnn(-c2cc(CN=[N+]=[N-])cc(-c3cc(C(C)C)c(N=[N+]=[N-])c(C(C)C)c3)c2)c1C. The lowest BCUT2D eigenvalue weighted by atomic mass is 9.88. The van der Waals surface area contributed by atoms with Crippen molar-refractivity contribution >= 4 is 11.5 Å². The largest absolute Gasteiger partial charge is 0.293 e. The number of azide groups is 2. The highest BCUT2D eigenvalue weighted by atomic mass is 16.1.